The highest BCUT2D eigenvalue weighted by atomic mass is 32.2. The maximum atomic E-state index is 11.2. The molecule has 0 bridgehead atoms. The van der Waals surface area contributed by atoms with E-state index in [0.29, 0.717) is 0 Å². The van der Waals surface area contributed by atoms with Crippen molar-refractivity contribution in [2.45, 2.75) is 25.5 Å². The monoisotopic (exact) mass is 179 g/mol. The zero-order valence-electron chi connectivity index (χ0n) is 6.90. The average Bonchev–Trinajstić information content (AvgIpc) is 1.87. The highest BCUT2D eigenvalue weighted by Crippen LogP contribution is 2.13. The summed E-state index contributed by atoms with van der Waals surface area (Å²) in [5, 5.41) is 10.9. The average molecular weight is 179 g/mol. The minimum atomic E-state index is -3.17. The molecule has 66 valence electrons. The third-order valence-electron chi connectivity index (χ3n) is 1.55. The first-order valence-electron chi connectivity index (χ1n) is 3.28. The molecular formula is C6H13NO3S. The van der Waals surface area contributed by atoms with Crippen LogP contribution < -0.4 is 0 Å². The molecule has 0 spiro atoms. The molecule has 0 unspecified atom stereocenters. The van der Waals surface area contributed by atoms with E-state index in [-0.39, 0.29) is 5.75 Å². The van der Waals surface area contributed by atoms with E-state index >= 15 is 0 Å². The fraction of sp³-hybridized carbons (Fsp3) is 0.833. The van der Waals surface area contributed by atoms with Crippen molar-refractivity contribution in [2.75, 3.05) is 5.75 Å². The van der Waals surface area contributed by atoms with Crippen LogP contribution in [0.1, 0.15) is 20.8 Å². The Morgan fingerprint density at radius 2 is 2.00 bits per heavy atom. The van der Waals surface area contributed by atoms with E-state index in [1.165, 1.54) is 13.8 Å². The van der Waals surface area contributed by atoms with Gasteiger partial charge in [-0.25, -0.2) is 8.42 Å². The maximum absolute atomic E-state index is 11.2. The Bertz CT molecular complexity index is 241. The van der Waals surface area contributed by atoms with Gasteiger partial charge in [0.25, 0.3) is 0 Å². The maximum Gasteiger partial charge on any atom is 0.160 e. The van der Waals surface area contributed by atoms with Crippen molar-refractivity contribution in [1.82, 2.24) is 0 Å². The van der Waals surface area contributed by atoms with Crippen LogP contribution in [0.3, 0.4) is 0 Å². The molecule has 0 rings (SSSR count). The van der Waals surface area contributed by atoms with E-state index in [4.69, 9.17) is 5.21 Å². The van der Waals surface area contributed by atoms with Crippen LogP contribution in [-0.4, -0.2) is 30.3 Å². The standard InChI is InChI=1S/C6H13NO3S/c1-4-11(9,10)6(2,3)5-7-8/h5,8H,4H2,1-3H3. The summed E-state index contributed by atoms with van der Waals surface area (Å²) in [7, 11) is -3.17. The van der Waals surface area contributed by atoms with Gasteiger partial charge in [-0.15, -0.1) is 5.16 Å². The molecule has 11 heavy (non-hydrogen) atoms. The molecule has 0 aromatic carbocycles. The normalized spacial score (nSPS) is 14.1. The number of nitrogens with zero attached hydrogens (tertiary/aromatic N) is 1. The number of sulfone groups is 1. The fourth-order valence-electron chi connectivity index (χ4n) is 0.591. The Labute approximate surface area is 66.8 Å². The van der Waals surface area contributed by atoms with Crippen molar-refractivity contribution in [3.8, 4) is 0 Å². The van der Waals surface area contributed by atoms with Gasteiger partial charge >= 0.3 is 0 Å². The summed E-state index contributed by atoms with van der Waals surface area (Å²) in [5.41, 5.74) is 0. The first-order chi connectivity index (χ1) is 4.87. The predicted molar refractivity (Wildman–Crippen MR) is 43.8 cm³/mol. The summed E-state index contributed by atoms with van der Waals surface area (Å²) in [5.74, 6) is 0.0476. The van der Waals surface area contributed by atoms with Crippen LogP contribution in [0, 0.1) is 0 Å². The summed E-state index contributed by atoms with van der Waals surface area (Å²) < 4.78 is 21.3. The summed E-state index contributed by atoms with van der Waals surface area (Å²) in [6.07, 6.45) is 1.02. The van der Waals surface area contributed by atoms with Gasteiger partial charge in [0.05, 0.1) is 6.21 Å². The number of hydrogen-bond acceptors (Lipinski definition) is 4. The quantitative estimate of drug-likeness (QED) is 0.393. The molecule has 0 amide bonds. The number of rotatable bonds is 3. The molecule has 0 saturated carbocycles. The van der Waals surface area contributed by atoms with E-state index in [2.05, 4.69) is 5.16 Å². The van der Waals surface area contributed by atoms with Crippen LogP contribution in [0.5, 0.6) is 0 Å². The van der Waals surface area contributed by atoms with Gasteiger partial charge in [0, 0.05) is 5.75 Å². The number of hydrogen-bond donors (Lipinski definition) is 1. The summed E-state index contributed by atoms with van der Waals surface area (Å²) in [4.78, 5) is 0. The molecule has 0 atom stereocenters. The van der Waals surface area contributed by atoms with Crippen LogP contribution in [0.25, 0.3) is 0 Å². The fourth-order valence-corrected chi connectivity index (χ4v) is 1.54. The second-order valence-electron chi connectivity index (χ2n) is 2.75. The van der Waals surface area contributed by atoms with Crippen LogP contribution in [-0.2, 0) is 9.84 Å². The first-order valence-corrected chi connectivity index (χ1v) is 4.93. The highest BCUT2D eigenvalue weighted by molar-refractivity contribution is 7.93. The lowest BCUT2D eigenvalue weighted by Crippen LogP contribution is -2.34. The van der Waals surface area contributed by atoms with Crippen molar-refractivity contribution in [2.24, 2.45) is 5.16 Å². The molecular weight excluding hydrogens is 166 g/mol. The van der Waals surface area contributed by atoms with Gasteiger partial charge in [-0.3, -0.25) is 0 Å². The lowest BCUT2D eigenvalue weighted by molar-refractivity contribution is 0.319. The van der Waals surface area contributed by atoms with E-state index in [1.807, 2.05) is 0 Å². The summed E-state index contributed by atoms with van der Waals surface area (Å²) in [6.45, 7) is 4.54. The van der Waals surface area contributed by atoms with Crippen LogP contribution in [0.15, 0.2) is 5.16 Å². The molecule has 0 aromatic rings. The molecule has 0 aromatic heterocycles. The van der Waals surface area contributed by atoms with E-state index in [0.717, 1.165) is 6.21 Å². The van der Waals surface area contributed by atoms with Crippen molar-refractivity contribution in [1.29, 1.82) is 0 Å². The van der Waals surface area contributed by atoms with Crippen LogP contribution >= 0.6 is 0 Å². The SMILES string of the molecule is CCS(=O)(=O)C(C)(C)C=NO. The second kappa shape index (κ2) is 3.21. The Kier molecular flexibility index (Phi) is 3.04. The molecule has 4 nitrogen and oxygen atoms in total. The van der Waals surface area contributed by atoms with E-state index in [1.54, 1.807) is 6.92 Å². The third kappa shape index (κ3) is 2.18. The molecule has 0 aliphatic carbocycles. The highest BCUT2D eigenvalue weighted by Gasteiger charge is 2.30. The van der Waals surface area contributed by atoms with Crippen molar-refractivity contribution in [3.05, 3.63) is 0 Å². The van der Waals surface area contributed by atoms with Gasteiger partial charge in [0.2, 0.25) is 0 Å². The minimum absolute atomic E-state index is 0.0476. The summed E-state index contributed by atoms with van der Waals surface area (Å²) >= 11 is 0. The zero-order valence-corrected chi connectivity index (χ0v) is 7.72. The van der Waals surface area contributed by atoms with Gasteiger partial charge < -0.3 is 5.21 Å². The zero-order chi connectivity index (χ0) is 9.12. The van der Waals surface area contributed by atoms with Crippen molar-refractivity contribution < 1.29 is 13.6 Å². The Morgan fingerprint density at radius 3 is 2.27 bits per heavy atom. The summed E-state index contributed by atoms with van der Waals surface area (Å²) in [6, 6.07) is 0. The van der Waals surface area contributed by atoms with Gasteiger partial charge in [0.15, 0.2) is 9.84 Å². The molecule has 0 radical (unpaired) electrons. The second-order valence-corrected chi connectivity index (χ2v) is 5.61. The first kappa shape index (κ1) is 10.4. The van der Waals surface area contributed by atoms with Crippen molar-refractivity contribution in [3.63, 3.8) is 0 Å². The molecule has 0 saturated heterocycles. The predicted octanol–water partition coefficient (Wildman–Crippen LogP) is 0.660. The Balaban J connectivity index is 4.84. The third-order valence-corrected chi connectivity index (χ3v) is 4.02. The largest absolute Gasteiger partial charge is 0.411 e. The molecule has 0 fully saturated rings. The van der Waals surface area contributed by atoms with Crippen molar-refractivity contribution >= 4 is 16.1 Å². The Morgan fingerprint density at radius 1 is 1.55 bits per heavy atom. The topological polar surface area (TPSA) is 66.7 Å². The molecule has 0 heterocycles. The molecule has 1 N–H and O–H groups in total. The number of oxime groups is 1. The van der Waals surface area contributed by atoms with Gasteiger partial charge in [-0.05, 0) is 13.8 Å². The molecule has 5 heteroatoms. The van der Waals surface area contributed by atoms with E-state index in [9.17, 15) is 8.42 Å². The minimum Gasteiger partial charge on any atom is -0.411 e. The Hall–Kier alpha value is -0.580. The van der Waals surface area contributed by atoms with Crippen LogP contribution in [0.4, 0.5) is 0 Å². The van der Waals surface area contributed by atoms with E-state index < -0.39 is 14.6 Å². The lowest BCUT2D eigenvalue weighted by atomic mass is 10.2. The lowest BCUT2D eigenvalue weighted by Gasteiger charge is -2.17. The smallest absolute Gasteiger partial charge is 0.160 e. The molecule has 0 aliphatic rings. The molecule has 0 aliphatic heterocycles. The van der Waals surface area contributed by atoms with Gasteiger partial charge in [-0.1, -0.05) is 6.92 Å². The van der Waals surface area contributed by atoms with Gasteiger partial charge in [-0.2, -0.15) is 0 Å². The van der Waals surface area contributed by atoms with Crippen LogP contribution in [0.2, 0.25) is 0 Å². The van der Waals surface area contributed by atoms with Gasteiger partial charge in [0.1, 0.15) is 4.75 Å².